The van der Waals surface area contributed by atoms with Gasteiger partial charge in [0.05, 0.1) is 6.26 Å². The molecular formula is C15H19NO3. The van der Waals surface area contributed by atoms with Crippen LogP contribution in [0.2, 0.25) is 0 Å². The lowest BCUT2D eigenvalue weighted by atomic mass is 10.1. The van der Waals surface area contributed by atoms with Crippen molar-refractivity contribution in [1.29, 1.82) is 0 Å². The van der Waals surface area contributed by atoms with E-state index >= 15 is 0 Å². The number of hydrogen-bond donors (Lipinski definition) is 1. The van der Waals surface area contributed by atoms with Gasteiger partial charge in [0.25, 0.3) is 0 Å². The van der Waals surface area contributed by atoms with Gasteiger partial charge in [0, 0.05) is 23.9 Å². The number of carboxylic acid groups (broad SMARTS) is 1. The van der Waals surface area contributed by atoms with Crippen LogP contribution in [0.4, 0.5) is 0 Å². The Kier molecular flexibility index (Phi) is 4.58. The number of nitrogens with zero attached hydrogens (tertiary/aromatic N) is 1. The Morgan fingerprint density at radius 2 is 2.11 bits per heavy atom. The first-order valence-corrected chi connectivity index (χ1v) is 6.52. The Balaban J connectivity index is 1.85. The van der Waals surface area contributed by atoms with Crippen molar-refractivity contribution in [3.8, 4) is 0 Å². The van der Waals surface area contributed by atoms with E-state index in [9.17, 15) is 4.79 Å². The fraction of sp³-hybridized carbons (Fsp3) is 0.400. The number of hydrogen-bond acceptors (Lipinski definition) is 3. The van der Waals surface area contributed by atoms with E-state index in [-0.39, 0.29) is 6.42 Å². The Morgan fingerprint density at radius 1 is 1.32 bits per heavy atom. The van der Waals surface area contributed by atoms with E-state index in [1.807, 2.05) is 25.2 Å². The van der Waals surface area contributed by atoms with Gasteiger partial charge in [-0.2, -0.15) is 0 Å². The van der Waals surface area contributed by atoms with Gasteiger partial charge in [-0.05, 0) is 32.5 Å². The molecule has 19 heavy (non-hydrogen) atoms. The first-order valence-electron chi connectivity index (χ1n) is 6.52. The number of carbonyl (C=O) groups is 1. The molecule has 0 saturated carbocycles. The lowest BCUT2D eigenvalue weighted by Crippen LogP contribution is -2.19. The summed E-state index contributed by atoms with van der Waals surface area (Å²) in [5.41, 5.74) is 2.09. The fourth-order valence-electron chi connectivity index (χ4n) is 2.18. The first kappa shape index (κ1) is 13.6. The normalized spacial score (nSPS) is 11.3. The summed E-state index contributed by atoms with van der Waals surface area (Å²) >= 11 is 0. The van der Waals surface area contributed by atoms with E-state index in [0.717, 1.165) is 36.9 Å². The zero-order chi connectivity index (χ0) is 13.7. The number of unbranched alkanes of at least 4 members (excludes halogenated alkanes) is 1. The highest BCUT2D eigenvalue weighted by atomic mass is 16.4. The highest BCUT2D eigenvalue weighted by Gasteiger charge is 2.07. The molecule has 1 aromatic carbocycles. The summed E-state index contributed by atoms with van der Waals surface area (Å²) in [7, 11) is 2.04. The minimum Gasteiger partial charge on any atom is -0.481 e. The number of carboxylic acids is 1. The van der Waals surface area contributed by atoms with E-state index in [2.05, 4.69) is 11.0 Å². The third-order valence-corrected chi connectivity index (χ3v) is 3.18. The lowest BCUT2D eigenvalue weighted by Gasteiger charge is -2.15. The van der Waals surface area contributed by atoms with Crippen molar-refractivity contribution in [2.45, 2.75) is 25.8 Å². The van der Waals surface area contributed by atoms with Crippen LogP contribution < -0.4 is 0 Å². The number of fused-ring (bicyclic) bond motifs is 1. The van der Waals surface area contributed by atoms with Crippen molar-refractivity contribution in [1.82, 2.24) is 4.90 Å². The Hall–Kier alpha value is -1.81. The molecule has 0 spiro atoms. The van der Waals surface area contributed by atoms with Crippen LogP contribution in [0.1, 0.15) is 24.8 Å². The van der Waals surface area contributed by atoms with E-state index in [1.165, 1.54) is 5.56 Å². The summed E-state index contributed by atoms with van der Waals surface area (Å²) < 4.78 is 5.50. The topological polar surface area (TPSA) is 53.7 Å². The van der Waals surface area contributed by atoms with Crippen molar-refractivity contribution in [2.75, 3.05) is 13.6 Å². The third-order valence-electron chi connectivity index (χ3n) is 3.18. The van der Waals surface area contributed by atoms with Crippen molar-refractivity contribution in [3.05, 3.63) is 36.1 Å². The lowest BCUT2D eigenvalue weighted by molar-refractivity contribution is -0.137. The van der Waals surface area contributed by atoms with Crippen LogP contribution in [-0.2, 0) is 11.3 Å². The molecule has 0 aliphatic heterocycles. The maximum Gasteiger partial charge on any atom is 0.303 e. The molecule has 0 aliphatic rings. The van der Waals surface area contributed by atoms with Gasteiger partial charge in [-0.3, -0.25) is 4.79 Å². The maximum atomic E-state index is 10.4. The van der Waals surface area contributed by atoms with E-state index in [1.54, 1.807) is 6.26 Å². The second-order valence-corrected chi connectivity index (χ2v) is 4.85. The Morgan fingerprint density at radius 3 is 2.89 bits per heavy atom. The van der Waals surface area contributed by atoms with Crippen LogP contribution in [0.3, 0.4) is 0 Å². The second kappa shape index (κ2) is 6.38. The number of rotatable bonds is 7. The molecule has 1 aromatic heterocycles. The molecule has 0 bridgehead atoms. The molecule has 4 heteroatoms. The van der Waals surface area contributed by atoms with Gasteiger partial charge in [0.1, 0.15) is 5.58 Å². The highest BCUT2D eigenvalue weighted by molar-refractivity contribution is 5.80. The predicted octanol–water partition coefficient (Wildman–Crippen LogP) is 3.12. The summed E-state index contributed by atoms with van der Waals surface area (Å²) in [4.78, 5) is 12.6. The molecule has 0 fully saturated rings. The van der Waals surface area contributed by atoms with E-state index in [4.69, 9.17) is 9.52 Å². The maximum absolute atomic E-state index is 10.4. The molecule has 0 radical (unpaired) electrons. The van der Waals surface area contributed by atoms with Crippen LogP contribution in [-0.4, -0.2) is 29.6 Å². The van der Waals surface area contributed by atoms with Crippen LogP contribution in [0.5, 0.6) is 0 Å². The average Bonchev–Trinajstić information content (AvgIpc) is 2.78. The minimum absolute atomic E-state index is 0.252. The van der Waals surface area contributed by atoms with Gasteiger partial charge in [0.15, 0.2) is 0 Å². The summed E-state index contributed by atoms with van der Waals surface area (Å²) in [6, 6.07) is 8.00. The fourth-order valence-corrected chi connectivity index (χ4v) is 2.18. The molecule has 1 heterocycles. The molecule has 102 valence electrons. The summed E-state index contributed by atoms with van der Waals surface area (Å²) in [5.74, 6) is -0.719. The van der Waals surface area contributed by atoms with Gasteiger partial charge in [-0.25, -0.2) is 0 Å². The number of benzene rings is 1. The van der Waals surface area contributed by atoms with Crippen LogP contribution in [0.25, 0.3) is 11.0 Å². The van der Waals surface area contributed by atoms with Gasteiger partial charge < -0.3 is 14.4 Å². The van der Waals surface area contributed by atoms with E-state index in [0.29, 0.717) is 0 Å². The molecule has 0 atom stereocenters. The smallest absolute Gasteiger partial charge is 0.303 e. The first-order chi connectivity index (χ1) is 9.16. The molecule has 0 saturated heterocycles. The highest BCUT2D eigenvalue weighted by Crippen LogP contribution is 2.21. The standard InChI is InChI=1S/C15H19NO3/c1-16(9-5-4-8-15(17)18)10-12-11-19-14-7-3-2-6-13(12)14/h2-3,6-7,11H,4-5,8-10H2,1H3,(H,17,18). The van der Waals surface area contributed by atoms with Crippen molar-refractivity contribution in [2.24, 2.45) is 0 Å². The number of para-hydroxylation sites is 1. The number of furan rings is 1. The Bertz CT molecular complexity index is 547. The van der Waals surface area contributed by atoms with Gasteiger partial charge in [0.2, 0.25) is 0 Å². The molecule has 1 N–H and O–H groups in total. The van der Waals surface area contributed by atoms with Crippen molar-refractivity contribution in [3.63, 3.8) is 0 Å². The van der Waals surface area contributed by atoms with Crippen LogP contribution in [0.15, 0.2) is 34.9 Å². The quantitative estimate of drug-likeness (QED) is 0.778. The van der Waals surface area contributed by atoms with Crippen molar-refractivity contribution < 1.29 is 14.3 Å². The summed E-state index contributed by atoms with van der Waals surface area (Å²) in [5, 5.41) is 9.73. The number of aliphatic carboxylic acids is 1. The third kappa shape index (κ3) is 3.83. The van der Waals surface area contributed by atoms with Crippen LogP contribution >= 0.6 is 0 Å². The predicted molar refractivity (Wildman–Crippen MR) is 74.0 cm³/mol. The zero-order valence-electron chi connectivity index (χ0n) is 11.1. The largest absolute Gasteiger partial charge is 0.481 e. The molecule has 2 rings (SSSR count). The zero-order valence-corrected chi connectivity index (χ0v) is 11.1. The SMILES string of the molecule is CN(CCCCC(=O)O)Cc1coc2ccccc12. The monoisotopic (exact) mass is 261 g/mol. The van der Waals surface area contributed by atoms with Crippen LogP contribution in [0, 0.1) is 0 Å². The van der Waals surface area contributed by atoms with E-state index < -0.39 is 5.97 Å². The van der Waals surface area contributed by atoms with Gasteiger partial charge in [-0.15, -0.1) is 0 Å². The molecule has 4 nitrogen and oxygen atoms in total. The minimum atomic E-state index is -0.719. The van der Waals surface area contributed by atoms with Gasteiger partial charge >= 0.3 is 5.97 Å². The molecule has 2 aromatic rings. The van der Waals surface area contributed by atoms with Gasteiger partial charge in [-0.1, -0.05) is 18.2 Å². The average molecular weight is 261 g/mol. The summed E-state index contributed by atoms with van der Waals surface area (Å²) in [6.07, 6.45) is 3.69. The molecule has 0 aliphatic carbocycles. The van der Waals surface area contributed by atoms with Crippen molar-refractivity contribution >= 4 is 16.9 Å². The molecule has 0 unspecified atom stereocenters. The molecule has 0 amide bonds. The Labute approximate surface area is 112 Å². The molecular weight excluding hydrogens is 242 g/mol. The second-order valence-electron chi connectivity index (χ2n) is 4.85. The summed E-state index contributed by atoms with van der Waals surface area (Å²) in [6.45, 7) is 1.72.